The normalized spacial score (nSPS) is 17.6. The average Bonchev–Trinajstić information content (AvgIpc) is 2.87. The predicted octanol–water partition coefficient (Wildman–Crippen LogP) is 2.12. The Morgan fingerprint density at radius 1 is 1.50 bits per heavy atom. The van der Waals surface area contributed by atoms with Crippen molar-refractivity contribution in [3.05, 3.63) is 23.2 Å². The SMILES string of the molecule is COc1ccc(Cl)cc1NC(=O)CN1CCC(C(=O)O)C1.Cl. The minimum absolute atomic E-state index is 0. The standard InChI is InChI=1S/C14H17ClN2O4.ClH/c1-21-12-3-2-10(15)6-11(12)16-13(18)8-17-5-4-9(7-17)14(19)20;/h2-3,6,9H,4-5,7-8H2,1H3,(H,16,18)(H,19,20);1H. The maximum atomic E-state index is 12.0. The van der Waals surface area contributed by atoms with E-state index in [-0.39, 0.29) is 24.9 Å². The fourth-order valence-electron chi connectivity index (χ4n) is 2.35. The summed E-state index contributed by atoms with van der Waals surface area (Å²) in [5.74, 6) is -0.896. The van der Waals surface area contributed by atoms with Crippen molar-refractivity contribution in [2.75, 3.05) is 32.1 Å². The van der Waals surface area contributed by atoms with Gasteiger partial charge in [0.15, 0.2) is 0 Å². The number of amides is 1. The second-order valence-corrected chi connectivity index (χ2v) is 5.39. The van der Waals surface area contributed by atoms with Gasteiger partial charge in [0.2, 0.25) is 5.91 Å². The van der Waals surface area contributed by atoms with Gasteiger partial charge in [0.05, 0.1) is 25.3 Å². The molecule has 0 bridgehead atoms. The summed E-state index contributed by atoms with van der Waals surface area (Å²) in [7, 11) is 1.51. The maximum absolute atomic E-state index is 12.0. The molecule has 1 unspecified atom stereocenters. The molecule has 8 heteroatoms. The van der Waals surface area contributed by atoms with E-state index < -0.39 is 11.9 Å². The molecule has 1 aliphatic heterocycles. The third kappa shape index (κ3) is 4.76. The zero-order valence-electron chi connectivity index (χ0n) is 12.0. The second-order valence-electron chi connectivity index (χ2n) is 4.95. The molecule has 2 rings (SSSR count). The van der Waals surface area contributed by atoms with Crippen molar-refractivity contribution >= 4 is 41.6 Å². The third-order valence-corrected chi connectivity index (χ3v) is 3.66. The van der Waals surface area contributed by atoms with Gasteiger partial charge in [-0.15, -0.1) is 12.4 Å². The van der Waals surface area contributed by atoms with Crippen molar-refractivity contribution in [2.45, 2.75) is 6.42 Å². The molecule has 1 aliphatic rings. The Hall–Kier alpha value is -1.50. The highest BCUT2D eigenvalue weighted by molar-refractivity contribution is 6.31. The molecule has 0 radical (unpaired) electrons. The highest BCUT2D eigenvalue weighted by atomic mass is 35.5. The van der Waals surface area contributed by atoms with Gasteiger partial charge in [-0.2, -0.15) is 0 Å². The summed E-state index contributed by atoms with van der Waals surface area (Å²) in [6, 6.07) is 4.96. The summed E-state index contributed by atoms with van der Waals surface area (Å²) in [6.07, 6.45) is 0.573. The summed E-state index contributed by atoms with van der Waals surface area (Å²) >= 11 is 5.90. The lowest BCUT2D eigenvalue weighted by atomic mass is 10.1. The lowest BCUT2D eigenvalue weighted by Crippen LogP contribution is -2.32. The van der Waals surface area contributed by atoms with E-state index in [4.69, 9.17) is 21.4 Å². The molecule has 0 aromatic heterocycles. The van der Waals surface area contributed by atoms with E-state index in [2.05, 4.69) is 5.32 Å². The van der Waals surface area contributed by atoms with E-state index >= 15 is 0 Å². The van der Waals surface area contributed by atoms with Gasteiger partial charge in [0, 0.05) is 11.6 Å². The van der Waals surface area contributed by atoms with Crippen LogP contribution in [0, 0.1) is 5.92 Å². The Labute approximate surface area is 139 Å². The molecule has 1 aromatic carbocycles. The summed E-state index contributed by atoms with van der Waals surface area (Å²) in [6.45, 7) is 1.16. The van der Waals surface area contributed by atoms with Crippen molar-refractivity contribution in [1.82, 2.24) is 4.90 Å². The number of ether oxygens (including phenoxy) is 1. The molecule has 0 spiro atoms. The Balaban J connectivity index is 0.00000242. The summed E-state index contributed by atoms with van der Waals surface area (Å²) in [4.78, 5) is 24.7. The van der Waals surface area contributed by atoms with Gasteiger partial charge in [-0.25, -0.2) is 0 Å². The molecule has 1 heterocycles. The number of hydrogen-bond donors (Lipinski definition) is 2. The number of nitrogens with zero attached hydrogens (tertiary/aromatic N) is 1. The highest BCUT2D eigenvalue weighted by Crippen LogP contribution is 2.27. The molecular formula is C14H18Cl2N2O4. The Morgan fingerprint density at radius 2 is 2.23 bits per heavy atom. The van der Waals surface area contributed by atoms with Crippen LogP contribution in [0.4, 0.5) is 5.69 Å². The number of benzene rings is 1. The van der Waals surface area contributed by atoms with Crippen LogP contribution < -0.4 is 10.1 Å². The number of methoxy groups -OCH3 is 1. The van der Waals surface area contributed by atoms with Crippen molar-refractivity contribution in [3.8, 4) is 5.75 Å². The maximum Gasteiger partial charge on any atom is 0.307 e. The van der Waals surface area contributed by atoms with Gasteiger partial charge in [0.1, 0.15) is 5.75 Å². The lowest BCUT2D eigenvalue weighted by molar-refractivity contribution is -0.141. The first-order chi connectivity index (χ1) is 9.99. The minimum Gasteiger partial charge on any atom is -0.495 e. The van der Waals surface area contributed by atoms with E-state index in [0.717, 1.165) is 0 Å². The minimum atomic E-state index is -0.811. The van der Waals surface area contributed by atoms with Crippen LogP contribution in [-0.4, -0.2) is 48.6 Å². The first-order valence-corrected chi connectivity index (χ1v) is 6.96. The fraction of sp³-hybridized carbons (Fsp3) is 0.429. The zero-order valence-corrected chi connectivity index (χ0v) is 13.6. The summed E-state index contributed by atoms with van der Waals surface area (Å²) in [5, 5.41) is 12.2. The van der Waals surface area contributed by atoms with Gasteiger partial charge in [-0.1, -0.05) is 11.6 Å². The lowest BCUT2D eigenvalue weighted by Gasteiger charge is -2.16. The van der Waals surface area contributed by atoms with E-state index in [0.29, 0.717) is 36.0 Å². The van der Waals surface area contributed by atoms with Gasteiger partial charge < -0.3 is 15.2 Å². The van der Waals surface area contributed by atoms with Crippen LogP contribution in [0.3, 0.4) is 0 Å². The van der Waals surface area contributed by atoms with Crippen molar-refractivity contribution in [2.24, 2.45) is 5.92 Å². The van der Waals surface area contributed by atoms with Crippen LogP contribution in [-0.2, 0) is 9.59 Å². The van der Waals surface area contributed by atoms with Crippen LogP contribution in [0.2, 0.25) is 5.02 Å². The number of carboxylic acid groups (broad SMARTS) is 1. The molecule has 6 nitrogen and oxygen atoms in total. The molecule has 1 aromatic rings. The molecule has 1 amide bonds. The molecule has 122 valence electrons. The van der Waals surface area contributed by atoms with Crippen LogP contribution in [0.25, 0.3) is 0 Å². The first kappa shape index (κ1) is 18.5. The quantitative estimate of drug-likeness (QED) is 0.851. The molecular weight excluding hydrogens is 331 g/mol. The number of halogens is 2. The third-order valence-electron chi connectivity index (χ3n) is 3.42. The van der Waals surface area contributed by atoms with E-state index in [1.54, 1.807) is 18.2 Å². The van der Waals surface area contributed by atoms with Crippen LogP contribution in [0.5, 0.6) is 5.75 Å². The number of anilines is 1. The highest BCUT2D eigenvalue weighted by Gasteiger charge is 2.28. The number of likely N-dealkylation sites (tertiary alicyclic amines) is 1. The fourth-order valence-corrected chi connectivity index (χ4v) is 2.52. The largest absolute Gasteiger partial charge is 0.495 e. The average molecular weight is 349 g/mol. The number of rotatable bonds is 5. The van der Waals surface area contributed by atoms with Crippen molar-refractivity contribution in [1.29, 1.82) is 0 Å². The Kier molecular flexibility index (Phi) is 6.93. The summed E-state index contributed by atoms with van der Waals surface area (Å²) < 4.78 is 5.16. The monoisotopic (exact) mass is 348 g/mol. The number of hydrogen-bond acceptors (Lipinski definition) is 4. The van der Waals surface area contributed by atoms with Gasteiger partial charge >= 0.3 is 5.97 Å². The molecule has 1 atom stereocenters. The van der Waals surface area contributed by atoms with Crippen LogP contribution in [0.1, 0.15) is 6.42 Å². The van der Waals surface area contributed by atoms with Crippen molar-refractivity contribution < 1.29 is 19.4 Å². The number of aliphatic carboxylic acids is 1. The van der Waals surface area contributed by atoms with Gasteiger partial charge in [-0.05, 0) is 31.2 Å². The zero-order chi connectivity index (χ0) is 15.4. The van der Waals surface area contributed by atoms with Crippen molar-refractivity contribution in [3.63, 3.8) is 0 Å². The number of carbonyl (C=O) groups excluding carboxylic acids is 1. The molecule has 1 saturated heterocycles. The number of carboxylic acids is 1. The van der Waals surface area contributed by atoms with Crippen LogP contribution >= 0.6 is 24.0 Å². The molecule has 0 aliphatic carbocycles. The van der Waals surface area contributed by atoms with E-state index in [1.807, 2.05) is 4.90 Å². The van der Waals surface area contributed by atoms with E-state index in [9.17, 15) is 9.59 Å². The molecule has 1 fully saturated rings. The van der Waals surface area contributed by atoms with Crippen LogP contribution in [0.15, 0.2) is 18.2 Å². The molecule has 2 N–H and O–H groups in total. The summed E-state index contributed by atoms with van der Waals surface area (Å²) in [5.41, 5.74) is 0.504. The Morgan fingerprint density at radius 3 is 2.82 bits per heavy atom. The Bertz CT molecular complexity index is 554. The second kappa shape index (κ2) is 8.22. The first-order valence-electron chi connectivity index (χ1n) is 6.58. The molecule has 0 saturated carbocycles. The topological polar surface area (TPSA) is 78.9 Å². The van der Waals surface area contributed by atoms with Gasteiger partial charge in [-0.3, -0.25) is 14.5 Å². The number of nitrogens with one attached hydrogen (secondary N) is 1. The molecule has 22 heavy (non-hydrogen) atoms. The predicted molar refractivity (Wildman–Crippen MR) is 86.1 cm³/mol. The smallest absolute Gasteiger partial charge is 0.307 e. The van der Waals surface area contributed by atoms with Gasteiger partial charge in [0.25, 0.3) is 0 Å². The number of carbonyl (C=O) groups is 2. The van der Waals surface area contributed by atoms with E-state index in [1.165, 1.54) is 7.11 Å².